The second-order valence-corrected chi connectivity index (χ2v) is 6.04. The molecule has 26 heavy (non-hydrogen) atoms. The average molecular weight is 352 g/mol. The molecule has 0 atom stereocenters. The zero-order chi connectivity index (χ0) is 18.7. The van der Waals surface area contributed by atoms with Crippen molar-refractivity contribution in [1.82, 2.24) is 9.55 Å². The third kappa shape index (κ3) is 3.44. The summed E-state index contributed by atoms with van der Waals surface area (Å²) in [5.74, 6) is -0.514. The first-order valence-corrected chi connectivity index (χ1v) is 8.46. The normalized spacial score (nSPS) is 10.8. The van der Waals surface area contributed by atoms with Gasteiger partial charge in [-0.05, 0) is 30.2 Å². The Balaban J connectivity index is 2.12. The van der Waals surface area contributed by atoms with Crippen LogP contribution < -0.4 is 11.2 Å². The van der Waals surface area contributed by atoms with Gasteiger partial charge in [-0.1, -0.05) is 42.5 Å². The van der Waals surface area contributed by atoms with Gasteiger partial charge in [0.15, 0.2) is 0 Å². The van der Waals surface area contributed by atoms with Crippen LogP contribution in [0.15, 0.2) is 52.1 Å². The highest BCUT2D eigenvalue weighted by Crippen LogP contribution is 2.21. The number of ether oxygens (including phenoxy) is 1. The van der Waals surface area contributed by atoms with Gasteiger partial charge in [0, 0.05) is 17.7 Å². The van der Waals surface area contributed by atoms with Gasteiger partial charge in [-0.15, -0.1) is 0 Å². The molecular formula is C20H20N2O4. The Hall–Kier alpha value is -3.15. The summed E-state index contributed by atoms with van der Waals surface area (Å²) in [7, 11) is 0. The summed E-state index contributed by atoms with van der Waals surface area (Å²) in [6.45, 7) is 3.36. The van der Waals surface area contributed by atoms with Crippen molar-refractivity contribution in [2.75, 3.05) is 6.61 Å². The van der Waals surface area contributed by atoms with Crippen LogP contribution in [0.5, 0.6) is 0 Å². The number of benzene rings is 2. The molecule has 1 heterocycles. The third-order valence-electron chi connectivity index (χ3n) is 4.40. The molecular weight excluding hydrogens is 332 g/mol. The van der Waals surface area contributed by atoms with Crippen molar-refractivity contribution in [3.63, 3.8) is 0 Å². The van der Waals surface area contributed by atoms with Gasteiger partial charge in [-0.3, -0.25) is 19.1 Å². The Kier molecular flexibility index (Phi) is 5.02. The summed E-state index contributed by atoms with van der Waals surface area (Å²) in [5.41, 5.74) is 0.869. The Morgan fingerprint density at radius 3 is 2.62 bits per heavy atom. The number of carbonyl (C=O) groups is 1. The third-order valence-corrected chi connectivity index (χ3v) is 4.40. The highest BCUT2D eigenvalue weighted by Gasteiger charge is 2.16. The molecule has 134 valence electrons. The number of aromatic amines is 1. The lowest BCUT2D eigenvalue weighted by Gasteiger charge is -2.15. The van der Waals surface area contributed by atoms with Crippen LogP contribution in [0.4, 0.5) is 0 Å². The van der Waals surface area contributed by atoms with Gasteiger partial charge >= 0.3 is 11.7 Å². The number of rotatable bonds is 5. The summed E-state index contributed by atoms with van der Waals surface area (Å²) in [4.78, 5) is 38.6. The molecule has 2 aromatic carbocycles. The minimum Gasteiger partial charge on any atom is -0.465 e. The second-order valence-electron chi connectivity index (χ2n) is 6.04. The number of aromatic nitrogens is 2. The first kappa shape index (κ1) is 17.7. The van der Waals surface area contributed by atoms with Gasteiger partial charge in [-0.2, -0.15) is 0 Å². The molecule has 0 bridgehead atoms. The minimum atomic E-state index is -0.608. The van der Waals surface area contributed by atoms with Crippen LogP contribution in [0.2, 0.25) is 0 Å². The van der Waals surface area contributed by atoms with Crippen molar-refractivity contribution in [1.29, 1.82) is 0 Å². The summed E-state index contributed by atoms with van der Waals surface area (Å²) in [5, 5.41) is 2.12. The van der Waals surface area contributed by atoms with E-state index in [4.69, 9.17) is 4.74 Å². The zero-order valence-corrected chi connectivity index (χ0v) is 14.7. The predicted molar refractivity (Wildman–Crippen MR) is 99.4 cm³/mol. The molecule has 3 aromatic rings. The second kappa shape index (κ2) is 7.39. The number of esters is 1. The van der Waals surface area contributed by atoms with Crippen molar-refractivity contribution < 1.29 is 9.53 Å². The lowest BCUT2D eigenvalue weighted by atomic mass is 9.99. The maximum Gasteiger partial charge on any atom is 0.329 e. The fraction of sp³-hybridized carbons (Fsp3) is 0.250. The van der Waals surface area contributed by atoms with E-state index in [1.807, 2.05) is 42.5 Å². The Morgan fingerprint density at radius 1 is 1.12 bits per heavy atom. The van der Waals surface area contributed by atoms with Crippen LogP contribution in [0.25, 0.3) is 10.8 Å². The molecule has 0 spiro atoms. The molecule has 0 saturated heterocycles. The molecule has 6 nitrogen and oxygen atoms in total. The Labute approximate surface area is 150 Å². The molecule has 0 aliphatic carbocycles. The number of hydrogen-bond donors (Lipinski definition) is 1. The van der Waals surface area contributed by atoms with Gasteiger partial charge in [0.1, 0.15) is 6.54 Å². The number of H-pyrrole nitrogens is 1. The van der Waals surface area contributed by atoms with Crippen molar-refractivity contribution in [3.05, 3.63) is 80.1 Å². The van der Waals surface area contributed by atoms with Crippen LogP contribution in [-0.2, 0) is 22.5 Å². The predicted octanol–water partition coefficient (Wildman–Crippen LogP) is 2.15. The Bertz CT molecular complexity index is 1070. The topological polar surface area (TPSA) is 81.2 Å². The zero-order valence-electron chi connectivity index (χ0n) is 14.7. The summed E-state index contributed by atoms with van der Waals surface area (Å²) < 4.78 is 6.24. The molecule has 1 N–H and O–H groups in total. The largest absolute Gasteiger partial charge is 0.465 e. The molecule has 0 radical (unpaired) electrons. The van der Waals surface area contributed by atoms with Gasteiger partial charge < -0.3 is 4.74 Å². The van der Waals surface area contributed by atoms with Crippen LogP contribution in [0, 0.1) is 6.92 Å². The van der Waals surface area contributed by atoms with Crippen molar-refractivity contribution >= 4 is 16.7 Å². The average Bonchev–Trinajstić information content (AvgIpc) is 2.63. The number of fused-ring (bicyclic) bond motifs is 1. The van der Waals surface area contributed by atoms with Gasteiger partial charge in [0.2, 0.25) is 0 Å². The first-order chi connectivity index (χ1) is 12.5. The molecule has 0 unspecified atom stereocenters. The molecule has 0 aliphatic heterocycles. The molecule has 0 fully saturated rings. The maximum absolute atomic E-state index is 12.3. The monoisotopic (exact) mass is 352 g/mol. The van der Waals surface area contributed by atoms with E-state index in [2.05, 4.69) is 4.98 Å². The molecule has 1 aromatic heterocycles. The summed E-state index contributed by atoms with van der Waals surface area (Å²) in [6, 6.07) is 13.8. The molecule has 0 saturated carbocycles. The van der Waals surface area contributed by atoms with Crippen molar-refractivity contribution in [2.24, 2.45) is 0 Å². The lowest BCUT2D eigenvalue weighted by Crippen LogP contribution is -2.36. The minimum absolute atomic E-state index is 0.231. The van der Waals surface area contributed by atoms with Crippen molar-refractivity contribution in [2.45, 2.75) is 26.8 Å². The molecule has 0 amide bonds. The number of carbonyl (C=O) groups excluding carboxylic acids is 1. The van der Waals surface area contributed by atoms with Crippen LogP contribution in [0.1, 0.15) is 23.7 Å². The first-order valence-electron chi connectivity index (χ1n) is 8.46. The van der Waals surface area contributed by atoms with E-state index in [9.17, 15) is 14.4 Å². The van der Waals surface area contributed by atoms with E-state index in [0.717, 1.165) is 16.3 Å². The number of hydrogen-bond acceptors (Lipinski definition) is 4. The van der Waals surface area contributed by atoms with E-state index >= 15 is 0 Å². The highest BCUT2D eigenvalue weighted by molar-refractivity contribution is 5.85. The van der Waals surface area contributed by atoms with E-state index in [-0.39, 0.29) is 13.2 Å². The van der Waals surface area contributed by atoms with E-state index in [1.165, 1.54) is 4.57 Å². The van der Waals surface area contributed by atoms with E-state index in [1.54, 1.807) is 13.8 Å². The Morgan fingerprint density at radius 2 is 1.85 bits per heavy atom. The SMILES string of the molecule is CCOC(=O)Cn1c(Cc2cccc3ccccc23)c(C)c(=O)[nH]c1=O. The lowest BCUT2D eigenvalue weighted by molar-refractivity contribution is -0.143. The molecule has 3 rings (SSSR count). The smallest absolute Gasteiger partial charge is 0.329 e. The van der Waals surface area contributed by atoms with Gasteiger partial charge in [-0.25, -0.2) is 4.79 Å². The van der Waals surface area contributed by atoms with Crippen LogP contribution in [-0.4, -0.2) is 22.1 Å². The summed E-state index contributed by atoms with van der Waals surface area (Å²) >= 11 is 0. The highest BCUT2D eigenvalue weighted by atomic mass is 16.5. The fourth-order valence-corrected chi connectivity index (χ4v) is 3.07. The molecule has 0 aliphatic rings. The fourth-order valence-electron chi connectivity index (χ4n) is 3.07. The number of nitrogens with zero attached hydrogens (tertiary/aromatic N) is 1. The van der Waals surface area contributed by atoms with E-state index < -0.39 is 17.2 Å². The number of nitrogens with one attached hydrogen (secondary N) is 1. The van der Waals surface area contributed by atoms with Crippen molar-refractivity contribution in [3.8, 4) is 0 Å². The quantitative estimate of drug-likeness (QED) is 0.714. The van der Waals surface area contributed by atoms with Gasteiger partial charge in [0.25, 0.3) is 5.56 Å². The maximum atomic E-state index is 12.3. The summed E-state index contributed by atoms with van der Waals surface area (Å²) in [6.07, 6.45) is 0.367. The van der Waals surface area contributed by atoms with Crippen LogP contribution >= 0.6 is 0 Å². The standard InChI is InChI=1S/C20H20N2O4/c1-3-26-18(23)12-22-17(13(2)19(24)21-20(22)25)11-15-9-6-8-14-7-4-5-10-16(14)15/h4-10H,3,11-12H2,1-2H3,(H,21,24,25). The molecule has 6 heteroatoms. The van der Waals surface area contributed by atoms with Gasteiger partial charge in [0.05, 0.1) is 6.61 Å². The van der Waals surface area contributed by atoms with Crippen LogP contribution in [0.3, 0.4) is 0 Å². The van der Waals surface area contributed by atoms with E-state index in [0.29, 0.717) is 17.7 Å².